The highest BCUT2D eigenvalue weighted by Gasteiger charge is 2.17. The third-order valence-electron chi connectivity index (χ3n) is 5.55. The van der Waals surface area contributed by atoms with Crippen LogP contribution in [0.5, 0.6) is 11.5 Å². The normalized spacial score (nSPS) is 10.8. The summed E-state index contributed by atoms with van der Waals surface area (Å²) >= 11 is 0. The summed E-state index contributed by atoms with van der Waals surface area (Å²) in [7, 11) is 3.40. The molecule has 0 saturated carbocycles. The molecular weight excluding hydrogens is 428 g/mol. The summed E-state index contributed by atoms with van der Waals surface area (Å²) < 4.78 is 13.7. The predicted octanol–water partition coefficient (Wildman–Crippen LogP) is 4.52. The van der Waals surface area contributed by atoms with E-state index in [2.05, 4.69) is 16.1 Å². The molecule has 7 heteroatoms. The molecule has 2 aromatic carbocycles. The highest BCUT2D eigenvalue weighted by Crippen LogP contribution is 2.28. The standard InChI is InChI=1S/C27H28N4O3/c1-4-8-20-12-13-24(25(17-20)33-3)34-16-15-31-23-11-6-5-10-22(23)29-26(31)19-30(2)27(32)21-9-7-14-28-18-21/h4-7,9-14,17-18H,1,8,15-16,19H2,2-3H3. The molecule has 7 nitrogen and oxygen atoms in total. The van der Waals surface area contributed by atoms with E-state index in [1.807, 2.05) is 48.5 Å². The fourth-order valence-corrected chi connectivity index (χ4v) is 3.86. The topological polar surface area (TPSA) is 69.5 Å². The number of nitrogens with zero attached hydrogens (tertiary/aromatic N) is 4. The third kappa shape index (κ3) is 5.09. The number of para-hydroxylation sites is 2. The highest BCUT2D eigenvalue weighted by molar-refractivity contribution is 5.93. The molecule has 0 unspecified atom stereocenters. The van der Waals surface area contributed by atoms with Crippen molar-refractivity contribution >= 4 is 16.9 Å². The van der Waals surface area contributed by atoms with Crippen LogP contribution in [-0.2, 0) is 19.5 Å². The van der Waals surface area contributed by atoms with Crippen molar-refractivity contribution < 1.29 is 14.3 Å². The van der Waals surface area contributed by atoms with Crippen molar-refractivity contribution in [3.63, 3.8) is 0 Å². The van der Waals surface area contributed by atoms with Crippen LogP contribution in [0.4, 0.5) is 0 Å². The Morgan fingerprint density at radius 2 is 2.00 bits per heavy atom. The lowest BCUT2D eigenvalue weighted by molar-refractivity contribution is 0.0779. The summed E-state index contributed by atoms with van der Waals surface area (Å²) in [5.74, 6) is 2.06. The Morgan fingerprint density at radius 3 is 2.76 bits per heavy atom. The van der Waals surface area contributed by atoms with Crippen LogP contribution in [0.25, 0.3) is 11.0 Å². The second kappa shape index (κ2) is 10.7. The van der Waals surface area contributed by atoms with Crippen molar-refractivity contribution in [2.75, 3.05) is 20.8 Å². The molecule has 174 valence electrons. The summed E-state index contributed by atoms with van der Waals surface area (Å²) in [6.45, 7) is 5.14. The molecule has 0 aliphatic heterocycles. The zero-order valence-electron chi connectivity index (χ0n) is 19.5. The molecular formula is C27H28N4O3. The van der Waals surface area contributed by atoms with Gasteiger partial charge in [0, 0.05) is 19.4 Å². The Kier molecular flexibility index (Phi) is 7.22. The van der Waals surface area contributed by atoms with Gasteiger partial charge in [-0.3, -0.25) is 9.78 Å². The number of aromatic nitrogens is 3. The van der Waals surface area contributed by atoms with Gasteiger partial charge in [0.1, 0.15) is 12.4 Å². The van der Waals surface area contributed by atoms with E-state index >= 15 is 0 Å². The van der Waals surface area contributed by atoms with Crippen LogP contribution < -0.4 is 9.47 Å². The summed E-state index contributed by atoms with van der Waals surface area (Å²) in [5.41, 5.74) is 3.54. The van der Waals surface area contributed by atoms with Crippen LogP contribution in [0, 0.1) is 0 Å². The SMILES string of the molecule is C=CCc1ccc(OCCn2c(CN(C)C(=O)c3cccnc3)nc3ccccc32)c(OC)c1. The Bertz CT molecular complexity index is 1280. The number of ether oxygens (including phenoxy) is 2. The van der Waals surface area contributed by atoms with Gasteiger partial charge < -0.3 is 18.9 Å². The van der Waals surface area contributed by atoms with Crippen molar-refractivity contribution in [1.82, 2.24) is 19.4 Å². The minimum atomic E-state index is -0.104. The summed E-state index contributed by atoms with van der Waals surface area (Å²) in [6, 6.07) is 17.4. The molecule has 0 aliphatic carbocycles. The molecule has 0 fully saturated rings. The lowest BCUT2D eigenvalue weighted by Gasteiger charge is -2.18. The summed E-state index contributed by atoms with van der Waals surface area (Å²) in [4.78, 5) is 23.3. The number of amides is 1. The molecule has 0 radical (unpaired) electrons. The Labute approximate surface area is 199 Å². The van der Waals surface area contributed by atoms with Crippen molar-refractivity contribution in [3.05, 3.63) is 96.6 Å². The van der Waals surface area contributed by atoms with Gasteiger partial charge >= 0.3 is 0 Å². The van der Waals surface area contributed by atoms with Gasteiger partial charge in [-0.15, -0.1) is 6.58 Å². The van der Waals surface area contributed by atoms with Gasteiger partial charge in [0.25, 0.3) is 5.91 Å². The third-order valence-corrected chi connectivity index (χ3v) is 5.55. The maximum absolute atomic E-state index is 12.8. The second-order valence-electron chi connectivity index (χ2n) is 7.90. The van der Waals surface area contributed by atoms with Crippen LogP contribution in [-0.4, -0.2) is 46.1 Å². The van der Waals surface area contributed by atoms with Crippen LogP contribution in [0.3, 0.4) is 0 Å². The predicted molar refractivity (Wildman–Crippen MR) is 132 cm³/mol. The number of methoxy groups -OCH3 is 1. The van der Waals surface area contributed by atoms with Crippen molar-refractivity contribution in [2.45, 2.75) is 19.5 Å². The zero-order valence-corrected chi connectivity index (χ0v) is 19.5. The van der Waals surface area contributed by atoms with Crippen LogP contribution in [0.2, 0.25) is 0 Å². The molecule has 0 aliphatic rings. The largest absolute Gasteiger partial charge is 0.493 e. The number of hydrogen-bond acceptors (Lipinski definition) is 5. The quantitative estimate of drug-likeness (QED) is 0.328. The lowest BCUT2D eigenvalue weighted by atomic mass is 10.1. The Morgan fingerprint density at radius 1 is 1.15 bits per heavy atom. The van der Waals surface area contributed by atoms with Crippen LogP contribution in [0.1, 0.15) is 21.7 Å². The number of hydrogen-bond donors (Lipinski definition) is 0. The first-order valence-corrected chi connectivity index (χ1v) is 11.1. The highest BCUT2D eigenvalue weighted by atomic mass is 16.5. The van der Waals surface area contributed by atoms with Crippen LogP contribution in [0.15, 0.2) is 79.6 Å². The van der Waals surface area contributed by atoms with Gasteiger partial charge in [0.2, 0.25) is 0 Å². The minimum Gasteiger partial charge on any atom is -0.493 e. The first-order chi connectivity index (χ1) is 16.6. The monoisotopic (exact) mass is 456 g/mol. The average molecular weight is 457 g/mol. The van der Waals surface area contributed by atoms with E-state index in [0.717, 1.165) is 28.8 Å². The number of benzene rings is 2. The van der Waals surface area contributed by atoms with Gasteiger partial charge in [-0.2, -0.15) is 0 Å². The number of rotatable bonds is 10. The molecule has 2 heterocycles. The molecule has 0 atom stereocenters. The molecule has 0 bridgehead atoms. The average Bonchev–Trinajstić information content (AvgIpc) is 3.21. The van der Waals surface area contributed by atoms with Crippen molar-refractivity contribution in [3.8, 4) is 11.5 Å². The summed E-state index contributed by atoms with van der Waals surface area (Å²) in [5, 5.41) is 0. The molecule has 34 heavy (non-hydrogen) atoms. The fourth-order valence-electron chi connectivity index (χ4n) is 3.86. The zero-order chi connectivity index (χ0) is 23.9. The number of fused-ring (bicyclic) bond motifs is 1. The van der Waals surface area contributed by atoms with Gasteiger partial charge in [-0.1, -0.05) is 24.3 Å². The smallest absolute Gasteiger partial charge is 0.255 e. The van der Waals surface area contributed by atoms with Crippen LogP contribution >= 0.6 is 0 Å². The van der Waals surface area contributed by atoms with Gasteiger partial charge in [-0.05, 0) is 48.4 Å². The fraction of sp³-hybridized carbons (Fsp3) is 0.222. The van der Waals surface area contributed by atoms with E-state index in [1.54, 1.807) is 43.6 Å². The molecule has 0 spiro atoms. The number of carbonyl (C=O) groups is 1. The first kappa shape index (κ1) is 23.0. The van der Waals surface area contributed by atoms with Gasteiger partial charge in [0.15, 0.2) is 11.5 Å². The molecule has 0 saturated heterocycles. The molecule has 1 amide bonds. The molecule has 4 rings (SSSR count). The van der Waals surface area contributed by atoms with E-state index in [4.69, 9.17) is 14.5 Å². The van der Waals surface area contributed by atoms with Crippen molar-refractivity contribution in [2.24, 2.45) is 0 Å². The minimum absolute atomic E-state index is 0.104. The molecule has 0 N–H and O–H groups in total. The Hall–Kier alpha value is -4.13. The number of carbonyl (C=O) groups excluding carboxylic acids is 1. The van der Waals surface area contributed by atoms with E-state index < -0.39 is 0 Å². The first-order valence-electron chi connectivity index (χ1n) is 11.1. The second-order valence-corrected chi connectivity index (χ2v) is 7.90. The lowest BCUT2D eigenvalue weighted by Crippen LogP contribution is -2.28. The number of pyridine rings is 1. The van der Waals surface area contributed by atoms with E-state index in [1.165, 1.54) is 0 Å². The van der Waals surface area contributed by atoms with Gasteiger partial charge in [0.05, 0.1) is 36.8 Å². The Balaban J connectivity index is 1.52. The van der Waals surface area contributed by atoms with E-state index in [0.29, 0.717) is 36.8 Å². The van der Waals surface area contributed by atoms with E-state index in [9.17, 15) is 4.79 Å². The molecule has 4 aromatic rings. The molecule has 2 aromatic heterocycles. The number of imidazole rings is 1. The number of allylic oxidation sites excluding steroid dienone is 1. The maximum atomic E-state index is 12.8. The van der Waals surface area contributed by atoms with E-state index in [-0.39, 0.29) is 5.91 Å². The summed E-state index contributed by atoms with van der Waals surface area (Å²) in [6.07, 6.45) is 5.85. The maximum Gasteiger partial charge on any atom is 0.255 e. The van der Waals surface area contributed by atoms with Gasteiger partial charge in [-0.25, -0.2) is 4.98 Å². The van der Waals surface area contributed by atoms with Crippen molar-refractivity contribution in [1.29, 1.82) is 0 Å².